The van der Waals surface area contributed by atoms with Crippen LogP contribution in [0.25, 0.3) is 0 Å². The summed E-state index contributed by atoms with van der Waals surface area (Å²) in [5, 5.41) is 2.06. The van der Waals surface area contributed by atoms with E-state index in [1.807, 2.05) is 17.5 Å². The third kappa shape index (κ3) is 3.81. The monoisotopic (exact) mass is 382 g/mol. The zero-order valence-corrected chi connectivity index (χ0v) is 14.6. The quantitative estimate of drug-likeness (QED) is 0.678. The molecule has 3 aromatic rings. The zero-order valence-electron chi connectivity index (χ0n) is 12.2. The third-order valence-electron chi connectivity index (χ3n) is 3.31. The molecule has 3 rings (SSSR count). The second-order valence-corrected chi connectivity index (χ2v) is 8.02. The van der Waals surface area contributed by atoms with Crippen LogP contribution in [0, 0.1) is 5.82 Å². The van der Waals surface area contributed by atoms with Crippen LogP contribution in [0.2, 0.25) is 5.15 Å². The van der Waals surface area contributed by atoms with Crippen molar-refractivity contribution in [2.75, 3.05) is 0 Å². The van der Waals surface area contributed by atoms with Crippen molar-refractivity contribution >= 4 is 33.0 Å². The fraction of sp³-hybridized carbons (Fsp3) is 0.0625. The molecule has 1 N–H and O–H groups in total. The Morgan fingerprint density at radius 3 is 2.46 bits per heavy atom. The lowest BCUT2D eigenvalue weighted by molar-refractivity contribution is 0.572. The minimum absolute atomic E-state index is 0.00979. The standard InChI is InChI=1S/C16H12ClFN2O2S2/c17-15-8-7-13(10-19-15)24(21,22)20-16(14-2-1-9-23-14)11-3-5-12(18)6-4-11/h1-10,16,20H. The molecule has 0 radical (unpaired) electrons. The van der Waals surface area contributed by atoms with E-state index in [4.69, 9.17) is 11.6 Å². The molecule has 1 unspecified atom stereocenters. The number of halogens is 2. The third-order valence-corrected chi connectivity index (χ3v) is 5.88. The van der Waals surface area contributed by atoms with E-state index in [1.54, 1.807) is 12.1 Å². The van der Waals surface area contributed by atoms with Crippen molar-refractivity contribution in [2.45, 2.75) is 10.9 Å². The molecule has 4 nitrogen and oxygen atoms in total. The van der Waals surface area contributed by atoms with Crippen molar-refractivity contribution in [1.29, 1.82) is 0 Å². The Hall–Kier alpha value is -1.80. The molecule has 0 aliphatic carbocycles. The maximum atomic E-state index is 13.2. The Labute approximate surface area is 148 Å². The fourth-order valence-electron chi connectivity index (χ4n) is 2.15. The first-order valence-electron chi connectivity index (χ1n) is 6.88. The number of nitrogens with zero attached hydrogens (tertiary/aromatic N) is 1. The smallest absolute Gasteiger partial charge is 0.242 e. The molecule has 0 aliphatic rings. The van der Waals surface area contributed by atoms with Crippen molar-refractivity contribution < 1.29 is 12.8 Å². The molecule has 0 fully saturated rings. The summed E-state index contributed by atoms with van der Waals surface area (Å²) in [4.78, 5) is 4.61. The molecule has 0 aliphatic heterocycles. The van der Waals surface area contributed by atoms with Gasteiger partial charge < -0.3 is 0 Å². The van der Waals surface area contributed by atoms with Gasteiger partial charge in [0.15, 0.2) is 0 Å². The van der Waals surface area contributed by atoms with Gasteiger partial charge in [-0.3, -0.25) is 0 Å². The van der Waals surface area contributed by atoms with Gasteiger partial charge in [-0.25, -0.2) is 17.8 Å². The minimum Gasteiger partial charge on any atom is -0.243 e. The van der Waals surface area contributed by atoms with Crippen LogP contribution < -0.4 is 4.72 Å². The van der Waals surface area contributed by atoms with Crippen LogP contribution in [0.3, 0.4) is 0 Å². The molecule has 0 saturated heterocycles. The molecule has 8 heteroatoms. The number of hydrogen-bond acceptors (Lipinski definition) is 4. The lowest BCUT2D eigenvalue weighted by Crippen LogP contribution is -2.29. The van der Waals surface area contributed by atoms with Gasteiger partial charge in [-0.05, 0) is 41.3 Å². The van der Waals surface area contributed by atoms with Gasteiger partial charge in [-0.15, -0.1) is 11.3 Å². The van der Waals surface area contributed by atoms with Crippen LogP contribution in [0.15, 0.2) is 65.0 Å². The van der Waals surface area contributed by atoms with Crippen molar-refractivity contribution in [1.82, 2.24) is 9.71 Å². The van der Waals surface area contributed by atoms with Crippen molar-refractivity contribution in [3.8, 4) is 0 Å². The first kappa shape index (κ1) is 17.0. The lowest BCUT2D eigenvalue weighted by Gasteiger charge is -2.18. The van der Waals surface area contributed by atoms with Gasteiger partial charge in [0.05, 0.1) is 6.04 Å². The highest BCUT2D eigenvalue weighted by Crippen LogP contribution is 2.28. The van der Waals surface area contributed by atoms with Gasteiger partial charge in [-0.1, -0.05) is 29.8 Å². The molecule has 1 atom stereocenters. The predicted molar refractivity (Wildman–Crippen MR) is 92.1 cm³/mol. The Bertz CT molecular complexity index is 912. The number of pyridine rings is 1. The van der Waals surface area contributed by atoms with Crippen molar-refractivity contribution in [3.63, 3.8) is 0 Å². The van der Waals surface area contributed by atoms with Crippen LogP contribution in [-0.2, 0) is 10.0 Å². The Morgan fingerprint density at radius 1 is 1.12 bits per heavy atom. The van der Waals surface area contributed by atoms with E-state index in [0.29, 0.717) is 5.56 Å². The van der Waals surface area contributed by atoms with Crippen LogP contribution in [0.4, 0.5) is 4.39 Å². The van der Waals surface area contributed by atoms with E-state index in [1.165, 1.54) is 41.8 Å². The Kier molecular flexibility index (Phi) is 4.96. The minimum atomic E-state index is -3.82. The molecule has 0 bridgehead atoms. The largest absolute Gasteiger partial charge is 0.243 e. The number of nitrogens with one attached hydrogen (secondary N) is 1. The number of sulfonamides is 1. The van der Waals surface area contributed by atoms with Crippen LogP contribution in [-0.4, -0.2) is 13.4 Å². The maximum Gasteiger partial charge on any atom is 0.242 e. The maximum absolute atomic E-state index is 13.2. The number of benzene rings is 1. The SMILES string of the molecule is O=S(=O)(NC(c1ccc(F)cc1)c1cccs1)c1ccc(Cl)nc1. The highest BCUT2D eigenvalue weighted by Gasteiger charge is 2.24. The predicted octanol–water partition coefficient (Wildman–Crippen LogP) is 4.00. The zero-order chi connectivity index (χ0) is 17.2. The molecule has 0 spiro atoms. The number of thiophene rings is 1. The summed E-state index contributed by atoms with van der Waals surface area (Å²) < 4.78 is 41.1. The van der Waals surface area contributed by atoms with Crippen molar-refractivity contribution in [3.05, 3.63) is 81.5 Å². The molecular weight excluding hydrogens is 371 g/mol. The van der Waals surface area contributed by atoms with Gasteiger partial charge >= 0.3 is 0 Å². The molecule has 124 valence electrons. The van der Waals surface area contributed by atoms with Crippen LogP contribution in [0.5, 0.6) is 0 Å². The summed E-state index contributed by atoms with van der Waals surface area (Å²) in [6.45, 7) is 0. The lowest BCUT2D eigenvalue weighted by atomic mass is 10.1. The topological polar surface area (TPSA) is 59.1 Å². The molecule has 1 aromatic carbocycles. The average molecular weight is 383 g/mol. The van der Waals surface area contributed by atoms with Gasteiger partial charge in [0.25, 0.3) is 0 Å². The van der Waals surface area contributed by atoms with E-state index in [-0.39, 0.29) is 15.9 Å². The van der Waals surface area contributed by atoms with E-state index in [9.17, 15) is 12.8 Å². The van der Waals surface area contributed by atoms with E-state index in [2.05, 4.69) is 9.71 Å². The first-order chi connectivity index (χ1) is 11.5. The summed E-state index contributed by atoms with van der Waals surface area (Å²) in [5.74, 6) is -0.381. The summed E-state index contributed by atoms with van der Waals surface area (Å²) in [6.07, 6.45) is 1.20. The van der Waals surface area contributed by atoms with Gasteiger partial charge in [0.2, 0.25) is 10.0 Å². The highest BCUT2D eigenvalue weighted by molar-refractivity contribution is 7.89. The molecular formula is C16H12ClFN2O2S2. The number of aromatic nitrogens is 1. The molecule has 2 heterocycles. The van der Waals surface area contributed by atoms with Crippen LogP contribution >= 0.6 is 22.9 Å². The summed E-state index contributed by atoms with van der Waals surface area (Å²) >= 11 is 7.11. The van der Waals surface area contributed by atoms with E-state index >= 15 is 0 Å². The second-order valence-electron chi connectivity index (χ2n) is 4.94. The van der Waals surface area contributed by atoms with Crippen LogP contribution in [0.1, 0.15) is 16.5 Å². The molecule has 2 aromatic heterocycles. The Morgan fingerprint density at radius 2 is 1.88 bits per heavy atom. The highest BCUT2D eigenvalue weighted by atomic mass is 35.5. The summed E-state index contributed by atoms with van der Waals surface area (Å²) in [7, 11) is -3.82. The van der Waals surface area contributed by atoms with Gasteiger partial charge in [0.1, 0.15) is 15.9 Å². The van der Waals surface area contributed by atoms with E-state index in [0.717, 1.165) is 4.88 Å². The fourth-order valence-corrected chi connectivity index (χ4v) is 4.28. The number of hydrogen-bond donors (Lipinski definition) is 1. The molecule has 24 heavy (non-hydrogen) atoms. The summed E-state index contributed by atoms with van der Waals surface area (Å²) in [6, 6.07) is 11.5. The van der Waals surface area contributed by atoms with Gasteiger partial charge in [0, 0.05) is 11.1 Å². The number of rotatable bonds is 5. The first-order valence-corrected chi connectivity index (χ1v) is 9.62. The molecule has 0 saturated carbocycles. The molecule has 0 amide bonds. The van der Waals surface area contributed by atoms with Gasteiger partial charge in [-0.2, -0.15) is 4.72 Å². The summed E-state index contributed by atoms with van der Waals surface area (Å²) in [5.41, 5.74) is 0.643. The average Bonchev–Trinajstić information content (AvgIpc) is 3.08. The van der Waals surface area contributed by atoms with E-state index < -0.39 is 16.1 Å². The Balaban J connectivity index is 1.97. The van der Waals surface area contributed by atoms with Crippen molar-refractivity contribution in [2.24, 2.45) is 0 Å². The second kappa shape index (κ2) is 6.98. The normalized spacial score (nSPS) is 12.9.